The van der Waals surface area contributed by atoms with Crippen LogP contribution in [-0.2, 0) is 28.6 Å². The highest BCUT2D eigenvalue weighted by Crippen LogP contribution is 2.17. The van der Waals surface area contributed by atoms with Crippen molar-refractivity contribution in [2.75, 3.05) is 13.2 Å². The summed E-state index contributed by atoms with van der Waals surface area (Å²) in [5.74, 6) is -0.904. The minimum absolute atomic E-state index is 0.0859. The summed E-state index contributed by atoms with van der Waals surface area (Å²) >= 11 is 0. The van der Waals surface area contributed by atoms with Gasteiger partial charge in [0.05, 0.1) is 0 Å². The molecule has 6 heteroatoms. The van der Waals surface area contributed by atoms with E-state index in [0.29, 0.717) is 19.3 Å². The third kappa shape index (κ3) is 67.1. The minimum Gasteiger partial charge on any atom is -0.462 e. The Labute approximate surface area is 508 Å². The standard InChI is InChI=1S/C76H132O6/c1-4-7-10-13-16-19-22-25-28-31-34-36-37-38-39-41-42-45-48-51-54-57-60-63-66-69-75(78)81-72-73(71-80-74(77)68-65-62-59-56-53-50-47-44-33-30-27-24-21-18-15-12-9-6-3)82-76(79)70-67-64-61-58-55-52-49-46-43-40-35-32-29-26-23-20-17-14-11-8-5-2/h7,10,16,19,25,28,32,34-36,38-39,42,45,51,54,73H,4-6,8-9,11-15,17-18,20-24,26-27,29-31,33,37,40-41,43-44,46-50,52-53,55-72H2,1-3H3/b10-7-,19-16-,28-25-,35-32-,36-34-,39-38-,45-42-,54-51-. The molecule has 1 atom stereocenters. The van der Waals surface area contributed by atoms with Gasteiger partial charge in [-0.25, -0.2) is 0 Å². The Morgan fingerprint density at radius 2 is 0.476 bits per heavy atom. The normalized spacial score (nSPS) is 12.7. The van der Waals surface area contributed by atoms with Crippen molar-refractivity contribution in [1.82, 2.24) is 0 Å². The van der Waals surface area contributed by atoms with Gasteiger partial charge >= 0.3 is 17.9 Å². The van der Waals surface area contributed by atoms with E-state index in [1.54, 1.807) is 0 Å². The van der Waals surface area contributed by atoms with Crippen LogP contribution in [0.2, 0.25) is 0 Å². The van der Waals surface area contributed by atoms with E-state index in [2.05, 4.69) is 118 Å². The maximum atomic E-state index is 13.0. The minimum atomic E-state index is -0.794. The van der Waals surface area contributed by atoms with E-state index in [1.807, 2.05) is 0 Å². The molecule has 0 spiro atoms. The fourth-order valence-electron chi connectivity index (χ4n) is 10.1. The van der Waals surface area contributed by atoms with E-state index in [1.165, 1.54) is 199 Å². The van der Waals surface area contributed by atoms with Crippen molar-refractivity contribution in [2.24, 2.45) is 0 Å². The van der Waals surface area contributed by atoms with Crippen LogP contribution in [0.15, 0.2) is 97.2 Å². The number of carbonyl (C=O) groups excluding carboxylic acids is 3. The molecule has 0 aromatic rings. The fourth-order valence-corrected chi connectivity index (χ4v) is 10.1. The molecule has 0 amide bonds. The Kier molecular flexibility index (Phi) is 66.7. The summed E-state index contributed by atoms with van der Waals surface area (Å²) in [6.07, 6.45) is 94.2. The number of rotatable bonds is 64. The average molecular weight is 1140 g/mol. The first-order chi connectivity index (χ1) is 40.5. The highest BCUT2D eigenvalue weighted by Gasteiger charge is 2.19. The zero-order valence-corrected chi connectivity index (χ0v) is 54.2. The quantitative estimate of drug-likeness (QED) is 0.0261. The molecule has 0 bridgehead atoms. The first-order valence-electron chi connectivity index (χ1n) is 35.2. The third-order valence-electron chi connectivity index (χ3n) is 15.3. The lowest BCUT2D eigenvalue weighted by atomic mass is 10.0. The molecule has 0 saturated carbocycles. The van der Waals surface area contributed by atoms with Gasteiger partial charge in [0.25, 0.3) is 0 Å². The van der Waals surface area contributed by atoms with Gasteiger partial charge in [0, 0.05) is 19.3 Å². The molecular formula is C76H132O6. The summed E-state index contributed by atoms with van der Waals surface area (Å²) in [5.41, 5.74) is 0. The molecule has 0 fully saturated rings. The second-order valence-corrected chi connectivity index (χ2v) is 23.4. The second-order valence-electron chi connectivity index (χ2n) is 23.4. The number of hydrogen-bond acceptors (Lipinski definition) is 6. The summed E-state index contributed by atoms with van der Waals surface area (Å²) in [6.45, 7) is 6.55. The molecule has 6 nitrogen and oxygen atoms in total. The van der Waals surface area contributed by atoms with Crippen LogP contribution >= 0.6 is 0 Å². The average Bonchev–Trinajstić information content (AvgIpc) is 3.47. The molecule has 0 radical (unpaired) electrons. The number of hydrogen-bond donors (Lipinski definition) is 0. The Hall–Kier alpha value is -3.67. The van der Waals surface area contributed by atoms with Gasteiger partial charge in [-0.1, -0.05) is 323 Å². The predicted molar refractivity (Wildman–Crippen MR) is 357 cm³/mol. The van der Waals surface area contributed by atoms with E-state index in [0.717, 1.165) is 109 Å². The highest BCUT2D eigenvalue weighted by atomic mass is 16.6. The van der Waals surface area contributed by atoms with E-state index in [9.17, 15) is 14.4 Å². The summed E-state index contributed by atoms with van der Waals surface area (Å²) in [5, 5.41) is 0. The van der Waals surface area contributed by atoms with Crippen molar-refractivity contribution in [2.45, 2.75) is 354 Å². The van der Waals surface area contributed by atoms with E-state index < -0.39 is 6.10 Å². The van der Waals surface area contributed by atoms with Crippen LogP contribution in [0.4, 0.5) is 0 Å². The second kappa shape index (κ2) is 69.8. The van der Waals surface area contributed by atoms with Crippen molar-refractivity contribution in [3.63, 3.8) is 0 Å². The molecule has 0 saturated heterocycles. The summed E-state index contributed by atoms with van der Waals surface area (Å²) in [6, 6.07) is 0. The molecule has 0 aliphatic heterocycles. The number of allylic oxidation sites excluding steroid dienone is 16. The number of unbranched alkanes of at least 4 members (excludes halogenated alkanes) is 37. The summed E-state index contributed by atoms with van der Waals surface area (Å²) in [7, 11) is 0. The van der Waals surface area contributed by atoms with Crippen LogP contribution in [-0.4, -0.2) is 37.2 Å². The number of ether oxygens (including phenoxy) is 3. The largest absolute Gasteiger partial charge is 0.462 e. The molecule has 0 aliphatic rings. The van der Waals surface area contributed by atoms with Crippen LogP contribution in [0.1, 0.15) is 348 Å². The van der Waals surface area contributed by atoms with Gasteiger partial charge in [-0.3, -0.25) is 14.4 Å². The SMILES string of the molecule is CC/C=C\C/C=C\C/C=C\C/C=C\C/C=C\C/C=C\C/C=C\CCCCCC(=O)OCC(COC(=O)CCCCCCCCCCCCCCCCCCCC)OC(=O)CCCCCCCCCCC/C=C\CCCCCCCCCC. The fraction of sp³-hybridized carbons (Fsp3) is 0.750. The lowest BCUT2D eigenvalue weighted by Gasteiger charge is -2.18. The van der Waals surface area contributed by atoms with Gasteiger partial charge in [-0.05, 0) is 103 Å². The molecule has 0 rings (SSSR count). The molecule has 0 aromatic heterocycles. The molecule has 82 heavy (non-hydrogen) atoms. The van der Waals surface area contributed by atoms with Crippen molar-refractivity contribution in [3.05, 3.63) is 97.2 Å². The number of esters is 3. The van der Waals surface area contributed by atoms with Gasteiger partial charge in [0.2, 0.25) is 0 Å². The molecule has 0 heterocycles. The smallest absolute Gasteiger partial charge is 0.306 e. The monoisotopic (exact) mass is 1140 g/mol. The van der Waals surface area contributed by atoms with Crippen molar-refractivity contribution in [1.29, 1.82) is 0 Å². The van der Waals surface area contributed by atoms with E-state index >= 15 is 0 Å². The zero-order chi connectivity index (χ0) is 59.2. The van der Waals surface area contributed by atoms with Crippen LogP contribution in [0.3, 0.4) is 0 Å². The molecule has 472 valence electrons. The zero-order valence-electron chi connectivity index (χ0n) is 54.2. The predicted octanol–water partition coefficient (Wildman–Crippen LogP) is 24.4. The lowest BCUT2D eigenvalue weighted by molar-refractivity contribution is -0.167. The van der Waals surface area contributed by atoms with Crippen LogP contribution < -0.4 is 0 Å². The topological polar surface area (TPSA) is 78.9 Å². The van der Waals surface area contributed by atoms with E-state index in [-0.39, 0.29) is 31.1 Å². The van der Waals surface area contributed by atoms with Gasteiger partial charge < -0.3 is 14.2 Å². The lowest BCUT2D eigenvalue weighted by Crippen LogP contribution is -2.30. The molecule has 1 unspecified atom stereocenters. The Morgan fingerprint density at radius 1 is 0.256 bits per heavy atom. The van der Waals surface area contributed by atoms with E-state index in [4.69, 9.17) is 14.2 Å². The molecule has 0 aromatic carbocycles. The first kappa shape index (κ1) is 78.3. The highest BCUT2D eigenvalue weighted by molar-refractivity contribution is 5.71. The maximum Gasteiger partial charge on any atom is 0.306 e. The molecule has 0 aliphatic carbocycles. The van der Waals surface area contributed by atoms with Crippen molar-refractivity contribution >= 4 is 17.9 Å². The summed E-state index contributed by atoms with van der Waals surface area (Å²) < 4.78 is 17.0. The summed E-state index contributed by atoms with van der Waals surface area (Å²) in [4.78, 5) is 38.5. The van der Waals surface area contributed by atoms with Crippen LogP contribution in [0.5, 0.6) is 0 Å². The Balaban J connectivity index is 4.43. The molecule has 0 N–H and O–H groups in total. The third-order valence-corrected chi connectivity index (χ3v) is 15.3. The van der Waals surface area contributed by atoms with Crippen LogP contribution in [0.25, 0.3) is 0 Å². The maximum absolute atomic E-state index is 13.0. The van der Waals surface area contributed by atoms with Crippen LogP contribution in [0, 0.1) is 0 Å². The Morgan fingerprint density at radius 3 is 0.768 bits per heavy atom. The van der Waals surface area contributed by atoms with Crippen molar-refractivity contribution < 1.29 is 28.6 Å². The van der Waals surface area contributed by atoms with Crippen molar-refractivity contribution in [3.8, 4) is 0 Å². The Bertz CT molecular complexity index is 1590. The van der Waals surface area contributed by atoms with Gasteiger partial charge in [0.1, 0.15) is 13.2 Å². The first-order valence-corrected chi connectivity index (χ1v) is 35.2. The van der Waals surface area contributed by atoms with Gasteiger partial charge in [0.15, 0.2) is 6.10 Å². The number of carbonyl (C=O) groups is 3. The van der Waals surface area contributed by atoms with Gasteiger partial charge in [-0.2, -0.15) is 0 Å². The molecular weight excluding hydrogens is 1010 g/mol. The van der Waals surface area contributed by atoms with Gasteiger partial charge in [-0.15, -0.1) is 0 Å².